The van der Waals surface area contributed by atoms with E-state index in [4.69, 9.17) is 10.5 Å². The molecule has 0 aliphatic carbocycles. The smallest absolute Gasteiger partial charge is 0.424 e. The zero-order valence-corrected chi connectivity index (χ0v) is 14.2. The SMILES string of the molecule is CS(=O)(=O)N(C(=O)OCc1ccccc1)[C@@H](CCCCN)C(=O)O. The number of carbonyl (C=O) groups excluding carboxylic acids is 1. The number of rotatable bonds is 9. The van der Waals surface area contributed by atoms with Crippen LogP contribution in [0.3, 0.4) is 0 Å². The van der Waals surface area contributed by atoms with Crippen LogP contribution in [0.1, 0.15) is 24.8 Å². The number of hydrogen-bond donors (Lipinski definition) is 2. The summed E-state index contributed by atoms with van der Waals surface area (Å²) in [6, 6.07) is 7.15. The van der Waals surface area contributed by atoms with Crippen molar-refractivity contribution in [2.75, 3.05) is 12.8 Å². The Morgan fingerprint density at radius 2 is 1.88 bits per heavy atom. The first kappa shape index (κ1) is 19.9. The molecule has 0 bridgehead atoms. The largest absolute Gasteiger partial charge is 0.480 e. The second-order valence-electron chi connectivity index (χ2n) is 5.24. The Morgan fingerprint density at radius 3 is 2.38 bits per heavy atom. The van der Waals surface area contributed by atoms with Gasteiger partial charge in [0.1, 0.15) is 12.6 Å². The zero-order valence-electron chi connectivity index (χ0n) is 13.4. The average molecular weight is 358 g/mol. The lowest BCUT2D eigenvalue weighted by Crippen LogP contribution is -2.48. The molecule has 0 aromatic heterocycles. The van der Waals surface area contributed by atoms with Crippen molar-refractivity contribution in [2.24, 2.45) is 5.73 Å². The molecule has 1 atom stereocenters. The normalized spacial score (nSPS) is 12.4. The van der Waals surface area contributed by atoms with Gasteiger partial charge in [0, 0.05) is 0 Å². The Bertz CT molecular complexity index is 647. The summed E-state index contributed by atoms with van der Waals surface area (Å²) in [7, 11) is -4.10. The number of unbranched alkanes of at least 4 members (excludes halogenated alkanes) is 1. The molecular weight excluding hydrogens is 336 g/mol. The van der Waals surface area contributed by atoms with Crippen molar-refractivity contribution in [3.63, 3.8) is 0 Å². The molecule has 0 saturated heterocycles. The van der Waals surface area contributed by atoms with Crippen molar-refractivity contribution < 1.29 is 27.9 Å². The van der Waals surface area contributed by atoms with Crippen molar-refractivity contribution in [3.8, 4) is 0 Å². The van der Waals surface area contributed by atoms with Gasteiger partial charge in [0.15, 0.2) is 0 Å². The Morgan fingerprint density at radius 1 is 1.25 bits per heavy atom. The molecule has 0 fully saturated rings. The number of amides is 1. The maximum Gasteiger partial charge on any atom is 0.424 e. The van der Waals surface area contributed by atoms with E-state index in [1.807, 2.05) is 0 Å². The van der Waals surface area contributed by atoms with Crippen molar-refractivity contribution in [3.05, 3.63) is 35.9 Å². The highest BCUT2D eigenvalue weighted by Gasteiger charge is 2.37. The van der Waals surface area contributed by atoms with Gasteiger partial charge in [-0.15, -0.1) is 0 Å². The van der Waals surface area contributed by atoms with Gasteiger partial charge < -0.3 is 15.6 Å². The van der Waals surface area contributed by atoms with Crippen LogP contribution in [-0.4, -0.2) is 48.7 Å². The van der Waals surface area contributed by atoms with Gasteiger partial charge in [-0.3, -0.25) is 0 Å². The molecule has 3 N–H and O–H groups in total. The molecule has 0 saturated carbocycles. The number of nitrogens with two attached hydrogens (primary N) is 1. The molecule has 1 amide bonds. The number of aliphatic carboxylic acids is 1. The molecule has 0 aliphatic heterocycles. The number of carboxylic acid groups (broad SMARTS) is 1. The molecule has 8 nitrogen and oxygen atoms in total. The first-order chi connectivity index (χ1) is 11.3. The van der Waals surface area contributed by atoms with Gasteiger partial charge in [0.2, 0.25) is 10.0 Å². The minimum atomic E-state index is -4.10. The maximum absolute atomic E-state index is 12.2. The Labute approximate surface area is 141 Å². The van der Waals surface area contributed by atoms with Gasteiger partial charge in [-0.05, 0) is 31.4 Å². The van der Waals surface area contributed by atoms with Crippen LogP contribution in [0.4, 0.5) is 4.79 Å². The minimum Gasteiger partial charge on any atom is -0.480 e. The van der Waals surface area contributed by atoms with Crippen LogP contribution in [0.2, 0.25) is 0 Å². The van der Waals surface area contributed by atoms with E-state index in [9.17, 15) is 23.1 Å². The van der Waals surface area contributed by atoms with E-state index in [1.165, 1.54) is 0 Å². The second-order valence-corrected chi connectivity index (χ2v) is 7.10. The predicted molar refractivity (Wildman–Crippen MR) is 87.6 cm³/mol. The summed E-state index contributed by atoms with van der Waals surface area (Å²) in [6.45, 7) is 0.199. The Balaban J connectivity index is 2.89. The third-order valence-electron chi connectivity index (χ3n) is 3.24. The molecule has 0 unspecified atom stereocenters. The zero-order chi connectivity index (χ0) is 18.2. The summed E-state index contributed by atoms with van der Waals surface area (Å²) in [5, 5.41) is 9.30. The van der Waals surface area contributed by atoms with Crippen LogP contribution in [0.5, 0.6) is 0 Å². The number of ether oxygens (including phenoxy) is 1. The van der Waals surface area contributed by atoms with Gasteiger partial charge >= 0.3 is 12.1 Å². The summed E-state index contributed by atoms with van der Waals surface area (Å²) in [6.07, 6.45) is 0.447. The fourth-order valence-electron chi connectivity index (χ4n) is 2.10. The molecule has 24 heavy (non-hydrogen) atoms. The molecule has 134 valence electrons. The lowest BCUT2D eigenvalue weighted by atomic mass is 10.1. The van der Waals surface area contributed by atoms with Crippen LogP contribution in [-0.2, 0) is 26.2 Å². The van der Waals surface area contributed by atoms with E-state index >= 15 is 0 Å². The highest BCUT2D eigenvalue weighted by atomic mass is 32.2. The minimum absolute atomic E-state index is 0.0277. The maximum atomic E-state index is 12.2. The van der Waals surface area contributed by atoms with E-state index in [0.29, 0.717) is 24.9 Å². The molecule has 9 heteroatoms. The van der Waals surface area contributed by atoms with Crippen molar-refractivity contribution in [1.82, 2.24) is 4.31 Å². The van der Waals surface area contributed by atoms with Crippen LogP contribution in [0, 0.1) is 0 Å². The van der Waals surface area contributed by atoms with Crippen molar-refractivity contribution in [1.29, 1.82) is 0 Å². The number of sulfonamides is 1. The van der Waals surface area contributed by atoms with E-state index in [-0.39, 0.29) is 17.3 Å². The summed E-state index contributed by atoms with van der Waals surface area (Å²) < 4.78 is 29.1. The number of hydrogen-bond acceptors (Lipinski definition) is 6. The fraction of sp³-hybridized carbons (Fsp3) is 0.467. The first-order valence-corrected chi connectivity index (χ1v) is 9.25. The van der Waals surface area contributed by atoms with Gasteiger partial charge in [-0.2, -0.15) is 4.31 Å². The van der Waals surface area contributed by atoms with E-state index in [0.717, 1.165) is 6.26 Å². The Hall–Kier alpha value is -2.13. The molecule has 1 rings (SSSR count). The van der Waals surface area contributed by atoms with Crippen molar-refractivity contribution >= 4 is 22.1 Å². The number of carboxylic acids is 1. The average Bonchev–Trinajstić information content (AvgIpc) is 2.51. The molecule has 0 aliphatic rings. The molecule has 0 heterocycles. The van der Waals surface area contributed by atoms with Crippen LogP contribution >= 0.6 is 0 Å². The standard InChI is InChI=1S/C15H22N2O6S/c1-24(21,22)17(13(14(18)19)9-5-6-10-16)15(20)23-11-12-7-3-2-4-8-12/h2-4,7-8,13H,5-6,9-11,16H2,1H3,(H,18,19)/t13-/m0/s1. The third-order valence-corrected chi connectivity index (χ3v) is 4.36. The van der Waals surface area contributed by atoms with E-state index < -0.39 is 28.1 Å². The van der Waals surface area contributed by atoms with E-state index in [2.05, 4.69) is 0 Å². The summed E-state index contributed by atoms with van der Waals surface area (Å²) in [5.74, 6) is -1.41. The predicted octanol–water partition coefficient (Wildman–Crippen LogP) is 1.17. The Kier molecular flexibility index (Phi) is 7.66. The molecule has 1 aromatic rings. The van der Waals surface area contributed by atoms with Gasteiger partial charge in [-0.1, -0.05) is 30.3 Å². The van der Waals surface area contributed by atoms with E-state index in [1.54, 1.807) is 30.3 Å². The summed E-state index contributed by atoms with van der Waals surface area (Å²) >= 11 is 0. The lowest BCUT2D eigenvalue weighted by molar-refractivity contribution is -0.141. The quantitative estimate of drug-likeness (QED) is 0.634. The highest BCUT2D eigenvalue weighted by Crippen LogP contribution is 2.16. The molecular formula is C15H22N2O6S. The van der Waals surface area contributed by atoms with Crippen LogP contribution in [0.15, 0.2) is 30.3 Å². The molecule has 0 radical (unpaired) electrons. The lowest BCUT2D eigenvalue weighted by Gasteiger charge is -2.26. The number of nitrogens with zero attached hydrogens (tertiary/aromatic N) is 1. The molecule has 1 aromatic carbocycles. The second kappa shape index (κ2) is 9.24. The van der Waals surface area contributed by atoms with Gasteiger partial charge in [-0.25, -0.2) is 18.0 Å². The fourth-order valence-corrected chi connectivity index (χ4v) is 3.08. The summed E-state index contributed by atoms with van der Waals surface area (Å²) in [4.78, 5) is 23.6. The van der Waals surface area contributed by atoms with Gasteiger partial charge in [0.25, 0.3) is 0 Å². The third kappa shape index (κ3) is 6.17. The number of benzene rings is 1. The van der Waals surface area contributed by atoms with Crippen LogP contribution in [0.25, 0.3) is 0 Å². The molecule has 0 spiro atoms. The van der Waals surface area contributed by atoms with Crippen molar-refractivity contribution in [2.45, 2.75) is 31.9 Å². The van der Waals surface area contributed by atoms with Crippen LogP contribution < -0.4 is 5.73 Å². The topological polar surface area (TPSA) is 127 Å². The monoisotopic (exact) mass is 358 g/mol. The summed E-state index contributed by atoms with van der Waals surface area (Å²) in [5.41, 5.74) is 6.02. The van der Waals surface area contributed by atoms with Gasteiger partial charge in [0.05, 0.1) is 6.26 Å². The highest BCUT2D eigenvalue weighted by molar-refractivity contribution is 7.88. The number of carbonyl (C=O) groups is 2. The first-order valence-electron chi connectivity index (χ1n) is 7.40.